The van der Waals surface area contributed by atoms with Crippen LogP contribution in [0.25, 0.3) is 0 Å². The molecule has 0 fully saturated rings. The first-order chi connectivity index (χ1) is 7.67. The number of nitrogens with two attached hydrogens (primary N) is 1. The molecule has 0 saturated carbocycles. The number of ketones is 2. The van der Waals surface area contributed by atoms with Crippen molar-refractivity contribution in [1.29, 1.82) is 0 Å². The van der Waals surface area contributed by atoms with Gasteiger partial charge in [0.1, 0.15) is 13.1 Å². The lowest BCUT2D eigenvalue weighted by Crippen LogP contribution is -2.52. The molecule has 97 valence electrons. The molecule has 0 amide bonds. The molecule has 0 heterocycles. The molecule has 0 aliphatic rings. The molecule has 0 aliphatic heterocycles. The number of carbonyl (C=O) groups is 2. The minimum atomic E-state index is -0.743. The number of nitrogens with one attached hydrogen (secondary N) is 1. The molecule has 0 aromatic rings. The van der Waals surface area contributed by atoms with Gasteiger partial charge in [0.25, 0.3) is 0 Å². The fourth-order valence-corrected chi connectivity index (χ4v) is 1.51. The maximum absolute atomic E-state index is 12.0. The van der Waals surface area contributed by atoms with Crippen LogP contribution in [0.4, 0.5) is 0 Å². The highest BCUT2D eigenvalue weighted by molar-refractivity contribution is 6.47. The summed E-state index contributed by atoms with van der Waals surface area (Å²) >= 11 is 0. The predicted octanol–water partition coefficient (Wildman–Crippen LogP) is 0.792. The van der Waals surface area contributed by atoms with Gasteiger partial charge in [-0.2, -0.15) is 0 Å². The highest BCUT2D eigenvalue weighted by Crippen LogP contribution is 2.24. The lowest BCUT2D eigenvalue weighted by Gasteiger charge is -2.27. The number of Topliss-reactive ketones (excluding diaryl/α,β-unsaturated/α-hetero) is 2. The number of carbonyl (C=O) groups excluding carboxylic acids is 2. The first-order valence-corrected chi connectivity index (χ1v) is 6.03. The van der Waals surface area contributed by atoms with Crippen molar-refractivity contribution in [1.82, 2.24) is 5.32 Å². The zero-order valence-electron chi connectivity index (χ0n) is 11.6. The van der Waals surface area contributed by atoms with Crippen molar-refractivity contribution < 1.29 is 9.59 Å². The van der Waals surface area contributed by atoms with Crippen molar-refractivity contribution in [2.75, 3.05) is 13.1 Å². The fraction of sp³-hybridized carbons (Fsp3) is 0.833. The topological polar surface area (TPSA) is 72.2 Å². The van der Waals surface area contributed by atoms with Crippen LogP contribution in [0.2, 0.25) is 11.6 Å². The van der Waals surface area contributed by atoms with E-state index < -0.39 is 10.9 Å². The summed E-state index contributed by atoms with van der Waals surface area (Å²) in [6.45, 7) is 9.43. The largest absolute Gasteiger partial charge is 0.324 e. The summed E-state index contributed by atoms with van der Waals surface area (Å²) < 4.78 is 0. The van der Waals surface area contributed by atoms with Gasteiger partial charge >= 0.3 is 0 Å². The molecule has 0 aromatic carbocycles. The minimum Gasteiger partial charge on any atom is -0.324 e. The Morgan fingerprint density at radius 3 is 2.12 bits per heavy atom. The number of hydrogen-bond acceptors (Lipinski definition) is 4. The summed E-state index contributed by atoms with van der Waals surface area (Å²) in [5.74, 6) is -0.0141. The highest BCUT2D eigenvalue weighted by atomic mass is 16.1. The van der Waals surface area contributed by atoms with Crippen LogP contribution in [0.1, 0.15) is 34.6 Å². The van der Waals surface area contributed by atoms with Crippen LogP contribution in [0.5, 0.6) is 0 Å². The number of hydrogen-bond donors (Lipinski definition) is 2. The van der Waals surface area contributed by atoms with Gasteiger partial charge in [0.2, 0.25) is 0 Å². The third kappa shape index (κ3) is 5.00. The zero-order chi connectivity index (χ0) is 13.7. The van der Waals surface area contributed by atoms with Crippen molar-refractivity contribution >= 4 is 18.8 Å². The Balaban J connectivity index is 4.38. The molecular formula is C12H24BN2O2. The minimum absolute atomic E-state index is 0.0152. The maximum Gasteiger partial charge on any atom is 0.165 e. The monoisotopic (exact) mass is 239 g/mol. The van der Waals surface area contributed by atoms with Crippen molar-refractivity contribution in [2.24, 2.45) is 5.73 Å². The van der Waals surface area contributed by atoms with Crippen molar-refractivity contribution in [3.8, 4) is 0 Å². The zero-order valence-corrected chi connectivity index (χ0v) is 11.6. The fourth-order valence-electron chi connectivity index (χ4n) is 1.51. The molecule has 3 N–H and O–H groups in total. The van der Waals surface area contributed by atoms with E-state index in [0.717, 1.165) is 6.32 Å². The first kappa shape index (κ1) is 16.3. The van der Waals surface area contributed by atoms with E-state index in [1.807, 2.05) is 28.1 Å². The molecule has 17 heavy (non-hydrogen) atoms. The molecule has 0 unspecified atom stereocenters. The van der Waals surface area contributed by atoms with Gasteiger partial charge in [0, 0.05) is 0 Å². The third-order valence-electron chi connectivity index (χ3n) is 3.01. The average Bonchev–Trinajstić information content (AvgIpc) is 2.24. The second kappa shape index (κ2) is 6.31. The van der Waals surface area contributed by atoms with Crippen LogP contribution in [0, 0.1) is 0 Å². The highest BCUT2D eigenvalue weighted by Gasteiger charge is 2.30. The Morgan fingerprint density at radius 2 is 1.71 bits per heavy atom. The Hall–Kier alpha value is -0.675. The van der Waals surface area contributed by atoms with Crippen LogP contribution in [0.3, 0.4) is 0 Å². The Bertz CT molecular complexity index is 288. The molecule has 0 aliphatic carbocycles. The molecule has 0 spiro atoms. The van der Waals surface area contributed by atoms with Gasteiger partial charge < -0.3 is 5.73 Å². The summed E-state index contributed by atoms with van der Waals surface area (Å²) in [5.41, 5.74) is 4.57. The van der Waals surface area contributed by atoms with Crippen LogP contribution in [0.15, 0.2) is 0 Å². The summed E-state index contributed by atoms with van der Waals surface area (Å²) in [6.07, 6.45) is 0.851. The Kier molecular flexibility index (Phi) is 6.06. The smallest absolute Gasteiger partial charge is 0.165 e. The van der Waals surface area contributed by atoms with Crippen LogP contribution in [-0.2, 0) is 9.59 Å². The van der Waals surface area contributed by atoms with Crippen LogP contribution >= 0.6 is 0 Å². The maximum atomic E-state index is 12.0. The molecule has 4 nitrogen and oxygen atoms in total. The summed E-state index contributed by atoms with van der Waals surface area (Å²) in [6, 6.07) is 0. The summed E-state index contributed by atoms with van der Waals surface area (Å²) in [4.78, 5) is 23.5. The second-order valence-corrected chi connectivity index (χ2v) is 5.36. The lowest BCUT2D eigenvalue weighted by atomic mass is 9.51. The van der Waals surface area contributed by atoms with E-state index >= 15 is 0 Å². The normalized spacial score (nSPS) is 12.4. The molecule has 1 radical (unpaired) electrons. The van der Waals surface area contributed by atoms with Gasteiger partial charge in [-0.05, 0) is 19.2 Å². The molecule has 5 heteroatoms. The van der Waals surface area contributed by atoms with Gasteiger partial charge in [-0.3, -0.25) is 14.9 Å². The predicted molar refractivity (Wildman–Crippen MR) is 71.4 cm³/mol. The summed E-state index contributed by atoms with van der Waals surface area (Å²) in [7, 11) is 1.98. The van der Waals surface area contributed by atoms with Crippen molar-refractivity contribution in [3.05, 3.63) is 0 Å². The van der Waals surface area contributed by atoms with Gasteiger partial charge in [0.15, 0.2) is 5.78 Å². The molecule has 0 rings (SSSR count). The lowest BCUT2D eigenvalue weighted by molar-refractivity contribution is -0.124. The van der Waals surface area contributed by atoms with Crippen LogP contribution in [-0.4, -0.2) is 37.5 Å². The van der Waals surface area contributed by atoms with E-state index in [-0.39, 0.29) is 24.7 Å². The quantitative estimate of drug-likeness (QED) is 0.614. The van der Waals surface area contributed by atoms with E-state index in [4.69, 9.17) is 5.73 Å². The average molecular weight is 239 g/mol. The van der Waals surface area contributed by atoms with E-state index in [1.54, 1.807) is 13.8 Å². The Labute approximate surface area is 105 Å². The standard InChI is InChI=1S/C12H24BN2O2/c1-6-13-11(2,3)10(17)8-15-12(4,5)9(16)7-14/h15H,6-8,14H2,1-5H3. The molecule has 0 atom stereocenters. The van der Waals surface area contributed by atoms with Gasteiger partial charge in [-0.15, -0.1) is 0 Å². The first-order valence-electron chi connectivity index (χ1n) is 6.03. The summed E-state index contributed by atoms with van der Waals surface area (Å²) in [5, 5.41) is 2.52. The molecule has 0 aromatic heterocycles. The van der Waals surface area contributed by atoms with Crippen molar-refractivity contribution in [3.63, 3.8) is 0 Å². The van der Waals surface area contributed by atoms with Crippen LogP contribution < -0.4 is 11.1 Å². The SMILES string of the molecule is CC[B]C(C)(C)C(=O)CNC(C)(C)C(=O)CN. The Morgan fingerprint density at radius 1 is 1.18 bits per heavy atom. The third-order valence-corrected chi connectivity index (χ3v) is 3.01. The molecule has 0 saturated heterocycles. The van der Waals surface area contributed by atoms with Gasteiger partial charge in [0.05, 0.1) is 18.6 Å². The number of rotatable bonds is 8. The van der Waals surface area contributed by atoms with Gasteiger partial charge in [-0.1, -0.05) is 27.1 Å². The second-order valence-electron chi connectivity index (χ2n) is 5.36. The van der Waals surface area contributed by atoms with E-state index in [9.17, 15) is 9.59 Å². The van der Waals surface area contributed by atoms with E-state index in [0.29, 0.717) is 0 Å². The van der Waals surface area contributed by atoms with E-state index in [2.05, 4.69) is 5.32 Å². The van der Waals surface area contributed by atoms with Gasteiger partial charge in [-0.25, -0.2) is 0 Å². The molecular weight excluding hydrogens is 215 g/mol. The van der Waals surface area contributed by atoms with E-state index in [1.165, 1.54) is 0 Å². The van der Waals surface area contributed by atoms with Crippen molar-refractivity contribution in [2.45, 2.75) is 51.8 Å². The molecule has 0 bridgehead atoms.